The van der Waals surface area contributed by atoms with Crippen molar-refractivity contribution in [2.45, 2.75) is 19.4 Å². The van der Waals surface area contributed by atoms with E-state index in [4.69, 9.17) is 9.47 Å². The standard InChI is InChI=1S/C17H19N3O3/c1-12-3-5-13(6-4-12)17(21)20-10-7-14(11-20)23-16-15(22-2)18-8-9-19-16/h3-6,8-9,14H,7,10-11H2,1-2H3. The molecule has 1 atom stereocenters. The fourth-order valence-electron chi connectivity index (χ4n) is 2.58. The van der Waals surface area contributed by atoms with E-state index in [0.717, 1.165) is 12.0 Å². The minimum Gasteiger partial charge on any atom is -0.477 e. The quantitative estimate of drug-likeness (QED) is 0.865. The Balaban J connectivity index is 1.64. The lowest BCUT2D eigenvalue weighted by molar-refractivity contribution is 0.0770. The molecule has 0 saturated carbocycles. The van der Waals surface area contributed by atoms with Gasteiger partial charge in [-0.25, -0.2) is 9.97 Å². The number of aryl methyl sites for hydroxylation is 1. The summed E-state index contributed by atoms with van der Waals surface area (Å²) in [6.07, 6.45) is 3.77. The van der Waals surface area contributed by atoms with Crippen LogP contribution >= 0.6 is 0 Å². The van der Waals surface area contributed by atoms with Gasteiger partial charge in [0.25, 0.3) is 17.7 Å². The molecule has 3 rings (SSSR count). The summed E-state index contributed by atoms with van der Waals surface area (Å²) in [5, 5.41) is 0. The topological polar surface area (TPSA) is 64.6 Å². The largest absolute Gasteiger partial charge is 0.477 e. The van der Waals surface area contributed by atoms with Crippen LogP contribution in [0.4, 0.5) is 0 Å². The van der Waals surface area contributed by atoms with Gasteiger partial charge in [-0.15, -0.1) is 0 Å². The zero-order chi connectivity index (χ0) is 16.2. The fourth-order valence-corrected chi connectivity index (χ4v) is 2.58. The highest BCUT2D eigenvalue weighted by atomic mass is 16.5. The first-order valence-corrected chi connectivity index (χ1v) is 7.55. The number of hydrogen-bond donors (Lipinski definition) is 0. The van der Waals surface area contributed by atoms with Crippen LogP contribution in [0.5, 0.6) is 11.8 Å². The number of amides is 1. The Hall–Kier alpha value is -2.63. The van der Waals surface area contributed by atoms with E-state index >= 15 is 0 Å². The van der Waals surface area contributed by atoms with Crippen molar-refractivity contribution in [3.63, 3.8) is 0 Å². The average Bonchev–Trinajstić information content (AvgIpc) is 3.04. The van der Waals surface area contributed by atoms with E-state index in [-0.39, 0.29) is 12.0 Å². The summed E-state index contributed by atoms with van der Waals surface area (Å²) < 4.78 is 11.0. The third-order valence-electron chi connectivity index (χ3n) is 3.84. The number of rotatable bonds is 4. The molecular weight excluding hydrogens is 294 g/mol. The number of carbonyl (C=O) groups is 1. The lowest BCUT2D eigenvalue weighted by Crippen LogP contribution is -2.31. The van der Waals surface area contributed by atoms with Crippen LogP contribution in [-0.2, 0) is 0 Å². The molecular formula is C17H19N3O3. The number of hydrogen-bond acceptors (Lipinski definition) is 5. The van der Waals surface area contributed by atoms with Gasteiger partial charge < -0.3 is 14.4 Å². The van der Waals surface area contributed by atoms with Gasteiger partial charge >= 0.3 is 0 Å². The van der Waals surface area contributed by atoms with Crippen LogP contribution in [0.2, 0.25) is 0 Å². The van der Waals surface area contributed by atoms with Crippen LogP contribution in [0.1, 0.15) is 22.3 Å². The number of carbonyl (C=O) groups excluding carboxylic acids is 1. The van der Waals surface area contributed by atoms with Crippen LogP contribution < -0.4 is 9.47 Å². The molecule has 6 nitrogen and oxygen atoms in total. The van der Waals surface area contributed by atoms with Gasteiger partial charge in [0.2, 0.25) is 0 Å². The monoisotopic (exact) mass is 313 g/mol. The first-order chi connectivity index (χ1) is 11.2. The van der Waals surface area contributed by atoms with Crippen LogP contribution in [0.25, 0.3) is 0 Å². The fraction of sp³-hybridized carbons (Fsp3) is 0.353. The van der Waals surface area contributed by atoms with Crippen LogP contribution in [-0.4, -0.2) is 47.1 Å². The molecule has 23 heavy (non-hydrogen) atoms. The Kier molecular flexibility index (Phi) is 4.41. The maximum Gasteiger partial charge on any atom is 0.278 e. The van der Waals surface area contributed by atoms with Gasteiger partial charge in [0.05, 0.1) is 13.7 Å². The average molecular weight is 313 g/mol. The molecule has 0 bridgehead atoms. The van der Waals surface area contributed by atoms with Crippen molar-refractivity contribution in [1.29, 1.82) is 0 Å². The zero-order valence-corrected chi connectivity index (χ0v) is 13.2. The smallest absolute Gasteiger partial charge is 0.278 e. The summed E-state index contributed by atoms with van der Waals surface area (Å²) >= 11 is 0. The van der Waals surface area contributed by atoms with Gasteiger partial charge in [-0.3, -0.25) is 4.79 Å². The molecule has 120 valence electrons. The highest BCUT2D eigenvalue weighted by Crippen LogP contribution is 2.24. The minimum atomic E-state index is -0.102. The van der Waals surface area contributed by atoms with E-state index in [1.807, 2.05) is 31.2 Å². The Morgan fingerprint density at radius 2 is 1.87 bits per heavy atom. The third kappa shape index (κ3) is 3.41. The summed E-state index contributed by atoms with van der Waals surface area (Å²) in [4.78, 5) is 22.5. The van der Waals surface area contributed by atoms with Gasteiger partial charge in [0.1, 0.15) is 6.10 Å². The van der Waals surface area contributed by atoms with Gasteiger partial charge in [-0.05, 0) is 19.1 Å². The van der Waals surface area contributed by atoms with Crippen molar-refractivity contribution in [3.8, 4) is 11.8 Å². The van der Waals surface area contributed by atoms with Crippen LogP contribution in [0, 0.1) is 6.92 Å². The molecule has 0 aliphatic carbocycles. The summed E-state index contributed by atoms with van der Waals surface area (Å²) in [5.74, 6) is 0.752. The minimum absolute atomic E-state index is 0.0298. The lowest BCUT2D eigenvalue weighted by Gasteiger charge is -2.17. The van der Waals surface area contributed by atoms with E-state index in [1.54, 1.807) is 17.3 Å². The number of benzene rings is 1. The van der Waals surface area contributed by atoms with E-state index in [9.17, 15) is 4.79 Å². The first-order valence-electron chi connectivity index (χ1n) is 7.55. The maximum atomic E-state index is 12.5. The highest BCUT2D eigenvalue weighted by Gasteiger charge is 2.29. The van der Waals surface area contributed by atoms with Crippen molar-refractivity contribution in [1.82, 2.24) is 14.9 Å². The molecule has 1 aromatic heterocycles. The number of aromatic nitrogens is 2. The Labute approximate surface area is 135 Å². The van der Waals surface area contributed by atoms with Gasteiger partial charge in [-0.1, -0.05) is 17.7 Å². The SMILES string of the molecule is COc1nccnc1OC1CCN(C(=O)c2ccc(C)cc2)C1. The highest BCUT2D eigenvalue weighted by molar-refractivity contribution is 5.94. The predicted octanol–water partition coefficient (Wildman–Crippen LogP) is 2.09. The number of methoxy groups -OCH3 is 1. The molecule has 1 aromatic carbocycles. The summed E-state index contributed by atoms with van der Waals surface area (Å²) in [5.41, 5.74) is 1.84. The van der Waals surface area contributed by atoms with Crippen molar-refractivity contribution < 1.29 is 14.3 Å². The van der Waals surface area contributed by atoms with Crippen LogP contribution in [0.15, 0.2) is 36.7 Å². The Bertz CT molecular complexity index is 688. The second-order valence-corrected chi connectivity index (χ2v) is 5.52. The molecule has 0 spiro atoms. The van der Waals surface area contributed by atoms with E-state index in [0.29, 0.717) is 30.4 Å². The number of likely N-dealkylation sites (tertiary alicyclic amines) is 1. The second-order valence-electron chi connectivity index (χ2n) is 5.52. The maximum absolute atomic E-state index is 12.5. The van der Waals surface area contributed by atoms with Gasteiger partial charge in [-0.2, -0.15) is 0 Å². The third-order valence-corrected chi connectivity index (χ3v) is 3.84. The molecule has 1 aliphatic rings. The summed E-state index contributed by atoms with van der Waals surface area (Å²) in [7, 11) is 1.53. The molecule has 0 radical (unpaired) electrons. The van der Waals surface area contributed by atoms with Crippen molar-refractivity contribution in [3.05, 3.63) is 47.8 Å². The molecule has 0 N–H and O–H groups in total. The Morgan fingerprint density at radius 1 is 1.17 bits per heavy atom. The molecule has 1 saturated heterocycles. The van der Waals surface area contributed by atoms with E-state index < -0.39 is 0 Å². The zero-order valence-electron chi connectivity index (χ0n) is 13.2. The second kappa shape index (κ2) is 6.64. The lowest BCUT2D eigenvalue weighted by atomic mass is 10.1. The predicted molar refractivity (Wildman–Crippen MR) is 84.7 cm³/mol. The molecule has 1 amide bonds. The first kappa shape index (κ1) is 15.3. The van der Waals surface area contributed by atoms with Gasteiger partial charge in [0.15, 0.2) is 0 Å². The van der Waals surface area contributed by atoms with E-state index in [1.165, 1.54) is 7.11 Å². The van der Waals surface area contributed by atoms with E-state index in [2.05, 4.69) is 9.97 Å². The normalized spacial score (nSPS) is 17.1. The number of ether oxygens (including phenoxy) is 2. The van der Waals surface area contributed by atoms with Crippen molar-refractivity contribution in [2.24, 2.45) is 0 Å². The molecule has 1 fully saturated rings. The van der Waals surface area contributed by atoms with Crippen LogP contribution in [0.3, 0.4) is 0 Å². The summed E-state index contributed by atoms with van der Waals surface area (Å²) in [6, 6.07) is 7.61. The van der Waals surface area contributed by atoms with Crippen molar-refractivity contribution in [2.75, 3.05) is 20.2 Å². The molecule has 1 aliphatic heterocycles. The van der Waals surface area contributed by atoms with Gasteiger partial charge in [0, 0.05) is 30.9 Å². The molecule has 6 heteroatoms. The Morgan fingerprint density at radius 3 is 2.57 bits per heavy atom. The molecule has 1 unspecified atom stereocenters. The number of nitrogens with zero attached hydrogens (tertiary/aromatic N) is 3. The summed E-state index contributed by atoms with van der Waals surface area (Å²) in [6.45, 7) is 3.20. The van der Waals surface area contributed by atoms with Crippen molar-refractivity contribution >= 4 is 5.91 Å². The molecule has 2 aromatic rings. The molecule has 2 heterocycles.